The lowest BCUT2D eigenvalue weighted by Gasteiger charge is -2.19. The lowest BCUT2D eigenvalue weighted by molar-refractivity contribution is 0.0527. The fourth-order valence-electron chi connectivity index (χ4n) is 4.08. The van der Waals surface area contributed by atoms with E-state index in [-0.39, 0.29) is 39.1 Å². The Balaban J connectivity index is 1.58. The predicted octanol–water partition coefficient (Wildman–Crippen LogP) is 4.41. The van der Waals surface area contributed by atoms with Crippen LogP contribution >= 0.6 is 11.3 Å². The zero-order chi connectivity index (χ0) is 26.7. The van der Waals surface area contributed by atoms with Crippen molar-refractivity contribution in [1.29, 1.82) is 0 Å². The first-order valence-electron chi connectivity index (χ1n) is 11.7. The third kappa shape index (κ3) is 5.09. The van der Waals surface area contributed by atoms with Gasteiger partial charge in [0.15, 0.2) is 0 Å². The SMILES string of the molecule is CCOC(=O)c1sc(NC(=O)c2ccc(S(=O)(=O)N3CCc4ccccc43)cc2)c(C(=O)OCC)c1C. The molecule has 0 bridgehead atoms. The maximum absolute atomic E-state index is 13.2. The normalized spacial score (nSPS) is 12.7. The molecule has 0 radical (unpaired) electrons. The first-order valence-corrected chi connectivity index (χ1v) is 13.9. The summed E-state index contributed by atoms with van der Waals surface area (Å²) in [6.07, 6.45) is 0.632. The summed E-state index contributed by atoms with van der Waals surface area (Å²) >= 11 is 0.919. The number of fused-ring (bicyclic) bond motifs is 1. The van der Waals surface area contributed by atoms with Crippen molar-refractivity contribution in [1.82, 2.24) is 0 Å². The largest absolute Gasteiger partial charge is 0.462 e. The molecule has 3 aromatic rings. The molecule has 9 nitrogen and oxygen atoms in total. The summed E-state index contributed by atoms with van der Waals surface area (Å²) in [7, 11) is -3.80. The molecular formula is C26H26N2O7S2. The molecule has 1 aliphatic rings. The number of anilines is 2. The standard InChI is InChI=1S/C26H26N2O7S2/c1-4-34-25(30)21-16(3)22(26(31)35-5-2)36-24(21)27-23(29)18-10-12-19(13-11-18)37(32,33)28-15-14-17-8-6-7-9-20(17)28/h6-13H,4-5,14-15H2,1-3H3,(H,27,29). The van der Waals surface area contributed by atoms with Gasteiger partial charge in [-0.25, -0.2) is 18.0 Å². The van der Waals surface area contributed by atoms with E-state index >= 15 is 0 Å². The highest BCUT2D eigenvalue weighted by molar-refractivity contribution is 7.92. The number of nitrogens with one attached hydrogen (secondary N) is 1. The van der Waals surface area contributed by atoms with E-state index in [2.05, 4.69) is 5.32 Å². The maximum Gasteiger partial charge on any atom is 0.348 e. The molecule has 0 aliphatic carbocycles. The van der Waals surface area contributed by atoms with Crippen LogP contribution in [0.5, 0.6) is 0 Å². The van der Waals surface area contributed by atoms with E-state index in [1.54, 1.807) is 32.9 Å². The van der Waals surface area contributed by atoms with Gasteiger partial charge in [-0.2, -0.15) is 0 Å². The lowest BCUT2D eigenvalue weighted by atomic mass is 10.1. The maximum atomic E-state index is 13.2. The van der Waals surface area contributed by atoms with Crippen molar-refractivity contribution in [2.45, 2.75) is 32.1 Å². The van der Waals surface area contributed by atoms with Crippen LogP contribution in [0.3, 0.4) is 0 Å². The van der Waals surface area contributed by atoms with Gasteiger partial charge in [-0.05, 0) is 68.7 Å². The highest BCUT2D eigenvalue weighted by atomic mass is 32.2. The van der Waals surface area contributed by atoms with Crippen LogP contribution in [0, 0.1) is 6.92 Å². The number of amides is 1. The van der Waals surface area contributed by atoms with Crippen LogP contribution in [0.4, 0.5) is 10.7 Å². The minimum absolute atomic E-state index is 0.0598. The Morgan fingerprint density at radius 1 is 0.973 bits per heavy atom. The van der Waals surface area contributed by atoms with Crippen molar-refractivity contribution in [3.05, 3.63) is 75.7 Å². The molecule has 2 heterocycles. The molecule has 1 aromatic heterocycles. The van der Waals surface area contributed by atoms with Gasteiger partial charge in [0, 0.05) is 12.1 Å². The molecule has 0 spiro atoms. The summed E-state index contributed by atoms with van der Waals surface area (Å²) in [5.74, 6) is -1.85. The third-order valence-electron chi connectivity index (χ3n) is 5.86. The molecule has 1 aliphatic heterocycles. The van der Waals surface area contributed by atoms with E-state index in [0.717, 1.165) is 16.9 Å². The quantitative estimate of drug-likeness (QED) is 0.419. The van der Waals surface area contributed by atoms with Gasteiger partial charge in [-0.1, -0.05) is 18.2 Å². The first-order chi connectivity index (χ1) is 17.7. The number of hydrogen-bond acceptors (Lipinski definition) is 8. The van der Waals surface area contributed by atoms with E-state index in [4.69, 9.17) is 9.47 Å². The highest BCUT2D eigenvalue weighted by Crippen LogP contribution is 2.35. The van der Waals surface area contributed by atoms with Crippen molar-refractivity contribution in [2.24, 2.45) is 0 Å². The number of carbonyl (C=O) groups is 3. The summed E-state index contributed by atoms with van der Waals surface area (Å²) in [5, 5.41) is 2.81. The molecule has 1 amide bonds. The van der Waals surface area contributed by atoms with Crippen molar-refractivity contribution in [3.63, 3.8) is 0 Å². The molecule has 194 valence electrons. The second-order valence-electron chi connectivity index (χ2n) is 8.14. The predicted molar refractivity (Wildman–Crippen MR) is 140 cm³/mol. The summed E-state index contributed by atoms with van der Waals surface area (Å²) in [6.45, 7) is 5.53. The second-order valence-corrected chi connectivity index (χ2v) is 11.0. The van der Waals surface area contributed by atoms with Crippen LogP contribution in [0.1, 0.15) is 55.4 Å². The van der Waals surface area contributed by atoms with Gasteiger partial charge >= 0.3 is 11.9 Å². The molecule has 0 saturated heterocycles. The van der Waals surface area contributed by atoms with Gasteiger partial charge in [0.1, 0.15) is 9.88 Å². The fraction of sp³-hybridized carbons (Fsp3) is 0.269. The number of esters is 2. The number of sulfonamides is 1. The van der Waals surface area contributed by atoms with E-state index in [1.165, 1.54) is 28.6 Å². The van der Waals surface area contributed by atoms with Gasteiger partial charge < -0.3 is 14.8 Å². The second kappa shape index (κ2) is 10.7. The van der Waals surface area contributed by atoms with Crippen LogP contribution in [0.2, 0.25) is 0 Å². The van der Waals surface area contributed by atoms with Gasteiger partial charge in [0.25, 0.3) is 15.9 Å². The van der Waals surface area contributed by atoms with Gasteiger partial charge in [-0.3, -0.25) is 9.10 Å². The summed E-state index contributed by atoms with van der Waals surface area (Å²) in [6, 6.07) is 12.9. The monoisotopic (exact) mass is 542 g/mol. The minimum atomic E-state index is -3.80. The Bertz CT molecular complexity index is 1460. The lowest BCUT2D eigenvalue weighted by Crippen LogP contribution is -2.29. The number of carbonyl (C=O) groups excluding carboxylic acids is 3. The van der Waals surface area contributed by atoms with E-state index in [9.17, 15) is 22.8 Å². The average molecular weight is 543 g/mol. The molecule has 0 fully saturated rings. The molecule has 37 heavy (non-hydrogen) atoms. The molecule has 11 heteroatoms. The van der Waals surface area contributed by atoms with Crippen molar-refractivity contribution in [3.8, 4) is 0 Å². The Kier molecular flexibility index (Phi) is 7.65. The van der Waals surface area contributed by atoms with Gasteiger partial charge in [0.2, 0.25) is 0 Å². The Hall–Kier alpha value is -3.70. The number of benzene rings is 2. The summed E-state index contributed by atoms with van der Waals surface area (Å²) in [5.41, 5.74) is 2.23. The number of rotatable bonds is 8. The van der Waals surface area contributed by atoms with Crippen LogP contribution in [-0.2, 0) is 25.9 Å². The Labute approximate surface area is 219 Å². The van der Waals surface area contributed by atoms with E-state index in [1.807, 2.05) is 12.1 Å². The van der Waals surface area contributed by atoms with Crippen molar-refractivity contribution in [2.75, 3.05) is 29.4 Å². The van der Waals surface area contributed by atoms with Crippen LogP contribution in [-0.4, -0.2) is 46.0 Å². The fourth-order valence-corrected chi connectivity index (χ4v) is 6.67. The van der Waals surface area contributed by atoms with Crippen LogP contribution < -0.4 is 9.62 Å². The van der Waals surface area contributed by atoms with Crippen LogP contribution in [0.25, 0.3) is 0 Å². The van der Waals surface area contributed by atoms with Gasteiger partial charge in [0.05, 0.1) is 29.4 Å². The number of hydrogen-bond donors (Lipinski definition) is 1. The molecule has 0 unspecified atom stereocenters. The highest BCUT2D eigenvalue weighted by Gasteiger charge is 2.31. The molecule has 0 saturated carbocycles. The molecule has 0 atom stereocenters. The molecule has 4 rings (SSSR count). The van der Waals surface area contributed by atoms with Crippen molar-refractivity contribution >= 4 is 49.9 Å². The number of nitrogens with zero attached hydrogens (tertiary/aromatic N) is 1. The summed E-state index contributed by atoms with van der Waals surface area (Å²) in [4.78, 5) is 38.2. The average Bonchev–Trinajstić information content (AvgIpc) is 3.46. The molecule has 1 N–H and O–H groups in total. The van der Waals surface area contributed by atoms with Crippen molar-refractivity contribution < 1.29 is 32.3 Å². The Morgan fingerprint density at radius 2 is 1.62 bits per heavy atom. The zero-order valence-corrected chi connectivity index (χ0v) is 22.2. The number of ether oxygens (including phenoxy) is 2. The molecule has 2 aromatic carbocycles. The number of thiophene rings is 1. The molecular weight excluding hydrogens is 516 g/mol. The van der Waals surface area contributed by atoms with Gasteiger partial charge in [-0.15, -0.1) is 11.3 Å². The zero-order valence-electron chi connectivity index (χ0n) is 20.6. The smallest absolute Gasteiger partial charge is 0.348 e. The topological polar surface area (TPSA) is 119 Å². The van der Waals surface area contributed by atoms with Crippen LogP contribution in [0.15, 0.2) is 53.4 Å². The number of para-hydroxylation sites is 1. The first kappa shape index (κ1) is 26.4. The summed E-state index contributed by atoms with van der Waals surface area (Å²) < 4.78 is 38.0. The van der Waals surface area contributed by atoms with E-state index in [0.29, 0.717) is 24.2 Å². The Morgan fingerprint density at radius 3 is 2.30 bits per heavy atom. The minimum Gasteiger partial charge on any atom is -0.462 e. The van der Waals surface area contributed by atoms with E-state index < -0.39 is 27.9 Å². The third-order valence-corrected chi connectivity index (χ3v) is 8.88.